The number of hydrogen-bond donors (Lipinski definition) is 2. The van der Waals surface area contributed by atoms with Gasteiger partial charge in [-0.3, -0.25) is 0 Å². The topological polar surface area (TPSA) is 74.5 Å². The van der Waals surface area contributed by atoms with Gasteiger partial charge in [-0.15, -0.1) is 0 Å². The lowest BCUT2D eigenvalue weighted by Gasteiger charge is -2.33. The molecule has 1 fully saturated rings. The zero-order valence-electron chi connectivity index (χ0n) is 19.3. The van der Waals surface area contributed by atoms with E-state index in [0.29, 0.717) is 18.4 Å². The Balaban J connectivity index is 1.16. The molecule has 2 aromatic carbocycles. The van der Waals surface area contributed by atoms with Crippen LogP contribution in [0.3, 0.4) is 0 Å². The molecule has 0 amide bonds. The van der Waals surface area contributed by atoms with Crippen molar-refractivity contribution in [3.63, 3.8) is 0 Å². The van der Waals surface area contributed by atoms with Crippen molar-refractivity contribution in [2.24, 2.45) is 0 Å². The van der Waals surface area contributed by atoms with Gasteiger partial charge in [-0.05, 0) is 69.5 Å². The quantitative estimate of drug-likeness (QED) is 0.416. The number of benzene rings is 2. The zero-order valence-corrected chi connectivity index (χ0v) is 19.3. The molecule has 4 aromatic rings. The lowest BCUT2D eigenvalue weighted by Crippen LogP contribution is -2.40. The number of nitrogens with zero attached hydrogens (tertiary/aromatic N) is 2. The molecule has 1 atom stereocenters. The first-order valence-electron chi connectivity index (χ1n) is 11.7. The molecule has 1 aliphatic rings. The summed E-state index contributed by atoms with van der Waals surface area (Å²) in [6.45, 7) is 6.90. The number of aliphatic hydroxyl groups excluding tert-OH is 1. The SMILES string of the molecule is Cc1ccc(C2CCN(CC(O)COc3cccc4[nH]c(-c5ncc(C)o5)cc34)CC2)cc1. The predicted molar refractivity (Wildman–Crippen MR) is 130 cm³/mol. The Morgan fingerprint density at radius 1 is 1.15 bits per heavy atom. The number of piperidine rings is 1. The summed E-state index contributed by atoms with van der Waals surface area (Å²) in [5.74, 6) is 2.69. The second-order valence-corrected chi connectivity index (χ2v) is 9.13. The minimum atomic E-state index is -0.538. The zero-order chi connectivity index (χ0) is 22.8. The summed E-state index contributed by atoms with van der Waals surface area (Å²) in [7, 11) is 0. The summed E-state index contributed by atoms with van der Waals surface area (Å²) in [4.78, 5) is 9.97. The summed E-state index contributed by atoms with van der Waals surface area (Å²) in [6.07, 6.45) is 3.42. The highest BCUT2D eigenvalue weighted by molar-refractivity contribution is 5.89. The van der Waals surface area contributed by atoms with E-state index in [-0.39, 0.29) is 6.61 Å². The number of likely N-dealkylation sites (tertiary alicyclic amines) is 1. The third-order valence-electron chi connectivity index (χ3n) is 6.51. The molecule has 172 valence electrons. The maximum absolute atomic E-state index is 10.6. The molecule has 3 heterocycles. The van der Waals surface area contributed by atoms with Crippen LogP contribution in [0.4, 0.5) is 0 Å². The van der Waals surface area contributed by atoms with Crippen LogP contribution in [0, 0.1) is 13.8 Å². The number of hydrogen-bond acceptors (Lipinski definition) is 5. The van der Waals surface area contributed by atoms with Crippen LogP contribution in [0.2, 0.25) is 0 Å². The summed E-state index contributed by atoms with van der Waals surface area (Å²) in [6, 6.07) is 16.8. The maximum Gasteiger partial charge on any atom is 0.243 e. The first-order valence-corrected chi connectivity index (χ1v) is 11.7. The number of aromatic amines is 1. The van der Waals surface area contributed by atoms with Crippen molar-refractivity contribution < 1.29 is 14.3 Å². The largest absolute Gasteiger partial charge is 0.490 e. The first-order chi connectivity index (χ1) is 16.0. The number of oxazole rings is 1. The van der Waals surface area contributed by atoms with E-state index in [0.717, 1.165) is 54.0 Å². The number of aryl methyl sites for hydroxylation is 2. The van der Waals surface area contributed by atoms with Gasteiger partial charge in [-0.1, -0.05) is 35.9 Å². The molecular weight excluding hydrogens is 414 g/mol. The normalized spacial score (nSPS) is 16.3. The van der Waals surface area contributed by atoms with Gasteiger partial charge in [0, 0.05) is 17.4 Å². The standard InChI is InChI=1S/C27H31N3O3/c1-18-6-8-20(9-7-18)21-10-12-30(13-11-21)16-22(31)17-32-26-5-3-4-24-23(26)14-25(29-24)27-28-15-19(2)33-27/h3-9,14-15,21-22,29,31H,10-13,16-17H2,1-2H3. The smallest absolute Gasteiger partial charge is 0.243 e. The monoisotopic (exact) mass is 445 g/mol. The van der Waals surface area contributed by atoms with Gasteiger partial charge in [0.15, 0.2) is 0 Å². The fourth-order valence-electron chi connectivity index (χ4n) is 4.67. The molecule has 1 saturated heterocycles. The van der Waals surface area contributed by atoms with Gasteiger partial charge in [0.25, 0.3) is 0 Å². The minimum absolute atomic E-state index is 0.260. The van der Waals surface area contributed by atoms with Crippen LogP contribution in [0.15, 0.2) is 59.1 Å². The van der Waals surface area contributed by atoms with Gasteiger partial charge in [-0.2, -0.15) is 0 Å². The van der Waals surface area contributed by atoms with Crippen LogP contribution < -0.4 is 4.74 Å². The highest BCUT2D eigenvalue weighted by Crippen LogP contribution is 2.31. The molecule has 1 aliphatic heterocycles. The fourth-order valence-corrected chi connectivity index (χ4v) is 4.67. The summed E-state index contributed by atoms with van der Waals surface area (Å²) in [5.41, 5.74) is 4.50. The number of ether oxygens (including phenoxy) is 1. The lowest BCUT2D eigenvalue weighted by molar-refractivity contribution is 0.0599. The number of H-pyrrole nitrogens is 1. The van der Waals surface area contributed by atoms with Crippen LogP contribution in [-0.2, 0) is 0 Å². The van der Waals surface area contributed by atoms with Crippen molar-refractivity contribution in [2.45, 2.75) is 38.7 Å². The molecular formula is C27H31N3O3. The number of nitrogens with one attached hydrogen (secondary N) is 1. The van der Waals surface area contributed by atoms with Gasteiger partial charge in [0.05, 0.1) is 6.20 Å². The third-order valence-corrected chi connectivity index (χ3v) is 6.51. The number of aromatic nitrogens is 2. The Bertz CT molecular complexity index is 1200. The molecule has 2 N–H and O–H groups in total. The molecule has 6 nitrogen and oxygen atoms in total. The average Bonchev–Trinajstić information content (AvgIpc) is 3.45. The van der Waals surface area contributed by atoms with Crippen molar-refractivity contribution in [3.8, 4) is 17.3 Å². The van der Waals surface area contributed by atoms with Crippen LogP contribution in [0.1, 0.15) is 35.6 Å². The molecule has 6 heteroatoms. The number of β-amino-alcohol motifs (C(OH)–C–C–N with tert-alkyl or cyclic N) is 1. The average molecular weight is 446 g/mol. The van der Waals surface area contributed by atoms with Crippen molar-refractivity contribution in [3.05, 3.63) is 71.6 Å². The second-order valence-electron chi connectivity index (χ2n) is 9.13. The minimum Gasteiger partial charge on any atom is -0.490 e. The van der Waals surface area contributed by atoms with Crippen molar-refractivity contribution >= 4 is 10.9 Å². The van der Waals surface area contributed by atoms with Gasteiger partial charge >= 0.3 is 0 Å². The Kier molecular flexibility index (Phi) is 6.20. The maximum atomic E-state index is 10.6. The molecule has 5 rings (SSSR count). The van der Waals surface area contributed by atoms with Crippen LogP contribution >= 0.6 is 0 Å². The second kappa shape index (κ2) is 9.41. The predicted octanol–water partition coefficient (Wildman–Crippen LogP) is 5.06. The van der Waals surface area contributed by atoms with E-state index in [4.69, 9.17) is 9.15 Å². The van der Waals surface area contributed by atoms with E-state index in [1.807, 2.05) is 31.2 Å². The highest BCUT2D eigenvalue weighted by atomic mass is 16.5. The van der Waals surface area contributed by atoms with Gasteiger partial charge < -0.3 is 24.1 Å². The molecule has 1 unspecified atom stereocenters. The summed E-state index contributed by atoms with van der Waals surface area (Å²) in [5, 5.41) is 11.6. The Labute approximate surface area is 194 Å². The van der Waals surface area contributed by atoms with Crippen molar-refractivity contribution in [1.82, 2.24) is 14.9 Å². The Morgan fingerprint density at radius 2 is 1.94 bits per heavy atom. The Hall–Kier alpha value is -3.09. The molecule has 0 aliphatic carbocycles. The summed E-state index contributed by atoms with van der Waals surface area (Å²) < 4.78 is 11.7. The van der Waals surface area contributed by atoms with Crippen LogP contribution in [0.5, 0.6) is 5.75 Å². The fraction of sp³-hybridized carbons (Fsp3) is 0.370. The Morgan fingerprint density at radius 3 is 2.67 bits per heavy atom. The van der Waals surface area contributed by atoms with E-state index < -0.39 is 6.10 Å². The van der Waals surface area contributed by atoms with Gasteiger partial charge in [-0.25, -0.2) is 4.98 Å². The molecule has 0 bridgehead atoms. The molecule has 0 saturated carbocycles. The molecule has 0 radical (unpaired) electrons. The number of fused-ring (bicyclic) bond motifs is 1. The molecule has 33 heavy (non-hydrogen) atoms. The highest BCUT2D eigenvalue weighted by Gasteiger charge is 2.22. The van der Waals surface area contributed by atoms with E-state index in [9.17, 15) is 5.11 Å². The van der Waals surface area contributed by atoms with E-state index in [2.05, 4.69) is 46.1 Å². The number of rotatable bonds is 7. The van der Waals surface area contributed by atoms with Gasteiger partial charge in [0.2, 0.25) is 5.89 Å². The van der Waals surface area contributed by atoms with E-state index in [1.165, 1.54) is 11.1 Å². The van der Waals surface area contributed by atoms with E-state index >= 15 is 0 Å². The third kappa shape index (κ3) is 4.97. The first kappa shape index (κ1) is 21.7. The lowest BCUT2D eigenvalue weighted by atomic mass is 9.89. The van der Waals surface area contributed by atoms with Crippen molar-refractivity contribution in [2.75, 3.05) is 26.2 Å². The van der Waals surface area contributed by atoms with Crippen LogP contribution in [0.25, 0.3) is 22.5 Å². The molecule has 2 aromatic heterocycles. The van der Waals surface area contributed by atoms with E-state index in [1.54, 1.807) is 6.20 Å². The van der Waals surface area contributed by atoms with Crippen LogP contribution in [-0.4, -0.2) is 52.3 Å². The van der Waals surface area contributed by atoms with Gasteiger partial charge in [0.1, 0.15) is 29.9 Å². The van der Waals surface area contributed by atoms with Crippen molar-refractivity contribution in [1.29, 1.82) is 0 Å². The summed E-state index contributed by atoms with van der Waals surface area (Å²) >= 11 is 0. The molecule has 0 spiro atoms. The number of aliphatic hydroxyl groups is 1.